The van der Waals surface area contributed by atoms with Crippen LogP contribution in [0.3, 0.4) is 0 Å². The summed E-state index contributed by atoms with van der Waals surface area (Å²) in [5.74, 6) is -2.08. The van der Waals surface area contributed by atoms with Gasteiger partial charge >= 0.3 is 18.8 Å². The molecule has 58 heavy (non-hydrogen) atoms. The number of ether oxygens (including phenoxy) is 1. The number of allylic oxidation sites excluding steroid dienone is 4. The molecule has 0 radical (unpaired) electrons. The van der Waals surface area contributed by atoms with Gasteiger partial charge in [0.05, 0.1) is 0 Å². The molecule has 2 aromatic heterocycles. The van der Waals surface area contributed by atoms with Crippen molar-refractivity contribution in [1.82, 2.24) is 25.5 Å². The molecule has 0 spiro atoms. The van der Waals surface area contributed by atoms with Gasteiger partial charge in [-0.25, -0.2) is 9.97 Å². The zero-order valence-corrected chi connectivity index (χ0v) is 31.5. The van der Waals surface area contributed by atoms with Crippen LogP contribution in [0.25, 0.3) is 27.8 Å². The minimum Gasteiger partial charge on any atom is -0.480 e. The first-order valence-electron chi connectivity index (χ1n) is 19.0. The molecule has 2 aliphatic heterocycles. The van der Waals surface area contributed by atoms with Crippen molar-refractivity contribution in [3.63, 3.8) is 0 Å². The monoisotopic (exact) mass is 805 g/mol. The van der Waals surface area contributed by atoms with Crippen molar-refractivity contribution in [3.05, 3.63) is 106 Å². The Morgan fingerprint density at radius 2 is 1.88 bits per heavy atom. The molecule has 2 unspecified atom stereocenters. The van der Waals surface area contributed by atoms with Crippen LogP contribution in [-0.2, 0) is 34.3 Å². The number of carbonyl (C=O) groups excluding carboxylic acids is 1. The van der Waals surface area contributed by atoms with E-state index in [-0.39, 0.29) is 64.7 Å². The second kappa shape index (κ2) is 15.3. The molecule has 3 aromatic carbocycles. The quantitative estimate of drug-likeness (QED) is 0.107. The molecule has 4 heterocycles. The van der Waals surface area contributed by atoms with E-state index >= 15 is 0 Å². The van der Waals surface area contributed by atoms with E-state index in [1.165, 1.54) is 18.2 Å². The van der Waals surface area contributed by atoms with Crippen LogP contribution in [0.4, 0.5) is 22.0 Å². The average Bonchev–Trinajstić information content (AvgIpc) is 3.98. The van der Waals surface area contributed by atoms with Crippen LogP contribution in [0.1, 0.15) is 72.2 Å². The van der Waals surface area contributed by atoms with E-state index in [4.69, 9.17) is 23.5 Å². The molecule has 11 nitrogen and oxygen atoms in total. The number of carbonyl (C=O) groups is 2. The summed E-state index contributed by atoms with van der Waals surface area (Å²) in [5, 5.41) is 15.7. The Morgan fingerprint density at radius 3 is 2.60 bits per heavy atom. The Morgan fingerprint density at radius 1 is 1.10 bits per heavy atom. The maximum atomic E-state index is 14.8. The first-order chi connectivity index (χ1) is 27.7. The SMILES string of the molecule is Cc1ccccc1C1=CC=CC(c2nc3cc(CN4CCC[C@H]4C(=O)O)c(OC(F)F)cc3o2)(c2nc3cc(CNC[C@@H]4CCC(=O)N4)cc(C(F)(F)F)c3o2)C1C. The summed E-state index contributed by atoms with van der Waals surface area (Å²) in [6.45, 7) is 1.45. The molecule has 1 aliphatic carbocycles. The number of benzene rings is 3. The molecule has 304 valence electrons. The lowest BCUT2D eigenvalue weighted by Gasteiger charge is -2.35. The fourth-order valence-corrected chi connectivity index (χ4v) is 8.48. The summed E-state index contributed by atoms with van der Waals surface area (Å²) in [4.78, 5) is 34.9. The van der Waals surface area contributed by atoms with Crippen LogP contribution in [0.15, 0.2) is 75.6 Å². The van der Waals surface area contributed by atoms with Crippen molar-refractivity contribution in [2.45, 2.75) is 82.9 Å². The number of likely N-dealkylation sites (tertiary alicyclic amines) is 1. The van der Waals surface area contributed by atoms with Crippen LogP contribution in [0.2, 0.25) is 0 Å². The van der Waals surface area contributed by atoms with Crippen molar-refractivity contribution in [2.24, 2.45) is 5.92 Å². The molecule has 1 amide bonds. The van der Waals surface area contributed by atoms with Gasteiger partial charge in [0.25, 0.3) is 0 Å². The minimum absolute atomic E-state index is 0.0173. The molecule has 0 bridgehead atoms. The number of rotatable bonds is 12. The average molecular weight is 806 g/mol. The maximum Gasteiger partial charge on any atom is 0.420 e. The largest absolute Gasteiger partial charge is 0.480 e. The Balaban J connectivity index is 1.26. The van der Waals surface area contributed by atoms with Crippen LogP contribution < -0.4 is 15.4 Å². The zero-order valence-electron chi connectivity index (χ0n) is 31.5. The lowest BCUT2D eigenvalue weighted by atomic mass is 9.67. The van der Waals surface area contributed by atoms with Gasteiger partial charge in [0.1, 0.15) is 33.8 Å². The van der Waals surface area contributed by atoms with Crippen molar-refractivity contribution >= 4 is 39.6 Å². The third-order valence-electron chi connectivity index (χ3n) is 11.4. The number of alkyl halides is 5. The van der Waals surface area contributed by atoms with E-state index in [1.54, 1.807) is 17.1 Å². The van der Waals surface area contributed by atoms with Crippen LogP contribution in [0.5, 0.6) is 5.75 Å². The van der Waals surface area contributed by atoms with Crippen LogP contribution in [0, 0.1) is 12.8 Å². The summed E-state index contributed by atoms with van der Waals surface area (Å²) in [5.41, 5.74) is 0.329. The molecule has 8 rings (SSSR count). The van der Waals surface area contributed by atoms with Crippen molar-refractivity contribution in [3.8, 4) is 5.75 Å². The minimum atomic E-state index is -4.82. The van der Waals surface area contributed by atoms with Crippen LogP contribution >= 0.6 is 0 Å². The number of carboxylic acids is 1. The highest BCUT2D eigenvalue weighted by atomic mass is 19.4. The Labute approximate surface area is 328 Å². The van der Waals surface area contributed by atoms with Crippen molar-refractivity contribution in [1.29, 1.82) is 0 Å². The summed E-state index contributed by atoms with van der Waals surface area (Å²) in [6.07, 6.45) is 2.56. The van der Waals surface area contributed by atoms with Crippen LogP contribution in [-0.4, -0.2) is 63.6 Å². The molecule has 16 heteroatoms. The predicted molar refractivity (Wildman–Crippen MR) is 202 cm³/mol. The maximum absolute atomic E-state index is 14.8. The summed E-state index contributed by atoms with van der Waals surface area (Å²) in [6, 6.07) is 12.0. The number of hydrogen-bond donors (Lipinski definition) is 3. The first-order valence-corrected chi connectivity index (χ1v) is 19.0. The Kier molecular flexibility index (Phi) is 10.3. The van der Waals surface area contributed by atoms with Gasteiger partial charge in [0.15, 0.2) is 11.2 Å². The normalized spacial score (nSPS) is 22.7. The highest BCUT2D eigenvalue weighted by molar-refractivity contribution is 5.82. The molecular formula is C42H40F5N5O6. The Hall–Kier alpha value is -5.61. The van der Waals surface area contributed by atoms with Gasteiger partial charge in [0.2, 0.25) is 17.7 Å². The van der Waals surface area contributed by atoms with E-state index in [0.29, 0.717) is 44.3 Å². The third kappa shape index (κ3) is 7.34. The third-order valence-corrected chi connectivity index (χ3v) is 11.4. The molecule has 3 N–H and O–H groups in total. The predicted octanol–water partition coefficient (Wildman–Crippen LogP) is 7.89. The summed E-state index contributed by atoms with van der Waals surface area (Å²) >= 11 is 0. The number of aliphatic carboxylic acids is 1. The van der Waals surface area contributed by atoms with Gasteiger partial charge in [0, 0.05) is 49.6 Å². The molecule has 2 saturated heterocycles. The number of oxazole rings is 2. The van der Waals surface area contributed by atoms with Gasteiger partial charge in [-0.05, 0) is 73.2 Å². The van der Waals surface area contributed by atoms with E-state index in [9.17, 15) is 36.6 Å². The summed E-state index contributed by atoms with van der Waals surface area (Å²) in [7, 11) is 0. The highest BCUT2D eigenvalue weighted by Crippen LogP contribution is 2.51. The van der Waals surface area contributed by atoms with Gasteiger partial charge in [-0.15, -0.1) is 0 Å². The number of nitrogens with one attached hydrogen (secondary N) is 2. The summed E-state index contributed by atoms with van der Waals surface area (Å²) < 4.78 is 89.4. The van der Waals surface area contributed by atoms with E-state index in [1.807, 2.05) is 44.2 Å². The molecule has 4 atom stereocenters. The van der Waals surface area contributed by atoms with Gasteiger partial charge in [-0.2, -0.15) is 22.0 Å². The molecular weight excluding hydrogens is 765 g/mol. The Bertz CT molecular complexity index is 2460. The second-order valence-corrected chi connectivity index (χ2v) is 15.1. The topological polar surface area (TPSA) is 143 Å². The number of hydrogen-bond acceptors (Lipinski definition) is 9. The number of halogens is 5. The number of amides is 1. The highest BCUT2D eigenvalue weighted by Gasteiger charge is 2.50. The van der Waals surface area contributed by atoms with Gasteiger partial charge < -0.3 is 29.3 Å². The number of aromatic nitrogens is 2. The lowest BCUT2D eigenvalue weighted by molar-refractivity contribution is -0.142. The second-order valence-electron chi connectivity index (χ2n) is 15.1. The number of fused-ring (bicyclic) bond motifs is 2. The number of nitrogens with zero attached hydrogens (tertiary/aromatic N) is 3. The van der Waals surface area contributed by atoms with Crippen molar-refractivity contribution in [2.75, 3.05) is 13.1 Å². The van der Waals surface area contributed by atoms with E-state index in [0.717, 1.165) is 22.8 Å². The fourth-order valence-electron chi connectivity index (χ4n) is 8.48. The smallest absolute Gasteiger partial charge is 0.420 e. The molecule has 5 aromatic rings. The van der Waals surface area contributed by atoms with Gasteiger partial charge in [-0.3, -0.25) is 14.5 Å². The molecule has 2 fully saturated rings. The molecule has 3 aliphatic rings. The van der Waals surface area contributed by atoms with Crippen molar-refractivity contribution < 1.29 is 50.2 Å². The van der Waals surface area contributed by atoms with Gasteiger partial charge in [-0.1, -0.05) is 49.4 Å². The van der Waals surface area contributed by atoms with E-state index < -0.39 is 47.3 Å². The van der Waals surface area contributed by atoms with E-state index in [2.05, 4.69) is 10.6 Å². The number of carboxylic acid groups (broad SMARTS) is 1. The zero-order chi connectivity index (χ0) is 40.9. The lowest BCUT2D eigenvalue weighted by Crippen LogP contribution is -2.36. The molecule has 0 saturated carbocycles. The standard InChI is InChI=1S/C42H40F5N5O6/c1-22-7-3-4-8-27(22)28-9-5-13-41(23(28)2,38-50-30-17-25(21-52-14-6-10-32(52)37(54)55)33(57-40(43)44)18-34(30)56-38)39-51-31-16-24(15-29(36(31)58-39)42(45,46)47)19-48-20-26-11-12-35(53)49-26/h3-5,7-9,13,15-18,23,26,32,40,48H,6,10-12,14,19-21H2,1-2H3,(H,49,53)(H,54,55)/t23?,26-,32-,41?/m0/s1. The fraction of sp³-hybridized carbons (Fsp3) is 0.381. The first kappa shape index (κ1) is 39.2. The number of aryl methyl sites for hydroxylation is 1.